The fraction of sp³-hybridized carbons (Fsp3) is 0.300. The molecular formula is C10H8ClN. The van der Waals surface area contributed by atoms with E-state index in [9.17, 15) is 0 Å². The third kappa shape index (κ3) is 1.09. The van der Waals surface area contributed by atoms with Crippen molar-refractivity contribution >= 4 is 11.6 Å². The lowest BCUT2D eigenvalue weighted by Crippen LogP contribution is -2.01. The quantitative estimate of drug-likeness (QED) is 0.647. The van der Waals surface area contributed by atoms with Crippen molar-refractivity contribution in [1.29, 1.82) is 5.26 Å². The van der Waals surface area contributed by atoms with Crippen molar-refractivity contribution in [1.82, 2.24) is 0 Å². The van der Waals surface area contributed by atoms with Crippen molar-refractivity contribution in [3.05, 3.63) is 34.9 Å². The van der Waals surface area contributed by atoms with Crippen molar-refractivity contribution < 1.29 is 0 Å². The molecule has 1 nitrogen and oxygen atoms in total. The zero-order chi connectivity index (χ0) is 8.60. The van der Waals surface area contributed by atoms with Gasteiger partial charge in [-0.25, -0.2) is 0 Å². The minimum atomic E-state index is -0.176. The molecule has 2 rings (SSSR count). The van der Waals surface area contributed by atoms with E-state index in [4.69, 9.17) is 16.9 Å². The van der Waals surface area contributed by atoms with Crippen molar-refractivity contribution in [2.75, 3.05) is 0 Å². The average Bonchev–Trinajstić information content (AvgIpc) is 2.86. The Morgan fingerprint density at radius 1 is 1.25 bits per heavy atom. The summed E-state index contributed by atoms with van der Waals surface area (Å²) in [5.41, 5.74) is 0.930. The van der Waals surface area contributed by atoms with E-state index in [2.05, 4.69) is 6.07 Å². The highest BCUT2D eigenvalue weighted by molar-refractivity contribution is 6.30. The van der Waals surface area contributed by atoms with Crippen LogP contribution in [-0.4, -0.2) is 0 Å². The molecule has 1 aliphatic rings. The smallest absolute Gasteiger partial charge is 0.0823 e. The summed E-state index contributed by atoms with van der Waals surface area (Å²) >= 11 is 5.74. The zero-order valence-electron chi connectivity index (χ0n) is 6.55. The molecule has 0 spiro atoms. The summed E-state index contributed by atoms with van der Waals surface area (Å²) in [6, 6.07) is 9.91. The van der Waals surface area contributed by atoms with Gasteiger partial charge in [-0.15, -0.1) is 0 Å². The lowest BCUT2D eigenvalue weighted by molar-refractivity contribution is 0.909. The molecule has 12 heavy (non-hydrogen) atoms. The molecular weight excluding hydrogens is 170 g/mol. The van der Waals surface area contributed by atoms with Gasteiger partial charge < -0.3 is 0 Å². The molecule has 1 aliphatic carbocycles. The molecule has 1 saturated carbocycles. The fourth-order valence-electron chi connectivity index (χ4n) is 1.36. The van der Waals surface area contributed by atoms with Crippen LogP contribution in [0.1, 0.15) is 18.4 Å². The summed E-state index contributed by atoms with van der Waals surface area (Å²) in [5.74, 6) is 0. The van der Waals surface area contributed by atoms with Gasteiger partial charge in [0.25, 0.3) is 0 Å². The van der Waals surface area contributed by atoms with Gasteiger partial charge in [0, 0.05) is 5.02 Å². The second kappa shape index (κ2) is 2.50. The van der Waals surface area contributed by atoms with E-state index in [1.807, 2.05) is 24.3 Å². The average molecular weight is 178 g/mol. The predicted molar refractivity (Wildman–Crippen MR) is 48.0 cm³/mol. The van der Waals surface area contributed by atoms with Gasteiger partial charge in [-0.05, 0) is 30.5 Å². The molecule has 60 valence electrons. The summed E-state index contributed by atoms with van der Waals surface area (Å²) in [6.45, 7) is 0. The molecule has 0 amide bonds. The van der Waals surface area contributed by atoms with E-state index in [1.54, 1.807) is 0 Å². The molecule has 0 aromatic heterocycles. The number of halogens is 1. The van der Waals surface area contributed by atoms with Gasteiger partial charge in [-0.1, -0.05) is 23.7 Å². The van der Waals surface area contributed by atoms with Gasteiger partial charge >= 0.3 is 0 Å². The fourth-order valence-corrected chi connectivity index (χ4v) is 1.48. The Balaban J connectivity index is 2.37. The first kappa shape index (κ1) is 7.64. The van der Waals surface area contributed by atoms with Crippen LogP contribution in [0.25, 0.3) is 0 Å². The largest absolute Gasteiger partial charge is 0.197 e. The van der Waals surface area contributed by atoms with Gasteiger partial charge in [0.15, 0.2) is 0 Å². The Kier molecular flexibility index (Phi) is 1.59. The standard InChI is InChI=1S/C10H8ClN/c11-9-3-1-8(2-4-9)10(7-12)5-6-10/h1-4H,5-6H2. The minimum absolute atomic E-state index is 0.176. The van der Waals surface area contributed by atoms with E-state index in [0.29, 0.717) is 0 Å². The van der Waals surface area contributed by atoms with E-state index in [-0.39, 0.29) is 5.41 Å². The lowest BCUT2D eigenvalue weighted by Gasteiger charge is -2.04. The number of benzene rings is 1. The molecule has 0 saturated heterocycles. The van der Waals surface area contributed by atoms with Crippen LogP contribution in [-0.2, 0) is 5.41 Å². The summed E-state index contributed by atoms with van der Waals surface area (Å²) < 4.78 is 0. The Bertz CT molecular complexity index is 330. The Morgan fingerprint density at radius 3 is 2.25 bits per heavy atom. The van der Waals surface area contributed by atoms with Gasteiger partial charge in [0.05, 0.1) is 11.5 Å². The highest BCUT2D eigenvalue weighted by Crippen LogP contribution is 2.47. The van der Waals surface area contributed by atoms with Crippen LogP contribution in [0.2, 0.25) is 5.02 Å². The number of rotatable bonds is 1. The van der Waals surface area contributed by atoms with Crippen molar-refractivity contribution in [3.63, 3.8) is 0 Å². The number of hydrogen-bond donors (Lipinski definition) is 0. The third-order valence-electron chi connectivity index (χ3n) is 2.36. The highest BCUT2D eigenvalue weighted by atomic mass is 35.5. The number of hydrogen-bond acceptors (Lipinski definition) is 1. The summed E-state index contributed by atoms with van der Waals surface area (Å²) in [5, 5.41) is 9.63. The van der Waals surface area contributed by atoms with Crippen molar-refractivity contribution in [2.45, 2.75) is 18.3 Å². The first-order valence-corrected chi connectivity index (χ1v) is 4.32. The lowest BCUT2D eigenvalue weighted by atomic mass is 9.98. The van der Waals surface area contributed by atoms with Gasteiger partial charge in [0.1, 0.15) is 0 Å². The van der Waals surface area contributed by atoms with E-state index >= 15 is 0 Å². The van der Waals surface area contributed by atoms with Crippen LogP contribution in [0, 0.1) is 11.3 Å². The number of nitriles is 1. The van der Waals surface area contributed by atoms with Gasteiger partial charge in [0.2, 0.25) is 0 Å². The molecule has 0 N–H and O–H groups in total. The molecule has 0 heterocycles. The topological polar surface area (TPSA) is 23.8 Å². The number of nitrogens with zero attached hydrogens (tertiary/aromatic N) is 1. The second-order valence-corrected chi connectivity index (χ2v) is 3.64. The van der Waals surface area contributed by atoms with E-state index in [0.717, 1.165) is 23.4 Å². The molecule has 0 aliphatic heterocycles. The molecule has 1 aromatic carbocycles. The summed E-state index contributed by atoms with van der Waals surface area (Å²) in [4.78, 5) is 0. The minimum Gasteiger partial charge on any atom is -0.197 e. The maximum absolute atomic E-state index is 8.90. The maximum Gasteiger partial charge on any atom is 0.0823 e. The first-order valence-electron chi connectivity index (χ1n) is 3.94. The molecule has 0 atom stereocenters. The van der Waals surface area contributed by atoms with Crippen LogP contribution < -0.4 is 0 Å². The molecule has 1 fully saturated rings. The Morgan fingerprint density at radius 2 is 1.83 bits per heavy atom. The SMILES string of the molecule is N#CC1(c2ccc(Cl)cc2)CC1. The zero-order valence-corrected chi connectivity index (χ0v) is 7.30. The Hall–Kier alpha value is -1.00. The predicted octanol–water partition coefficient (Wildman–Crippen LogP) is 2.90. The maximum atomic E-state index is 8.90. The van der Waals surface area contributed by atoms with Crippen molar-refractivity contribution in [2.24, 2.45) is 0 Å². The summed E-state index contributed by atoms with van der Waals surface area (Å²) in [6.07, 6.45) is 1.98. The van der Waals surface area contributed by atoms with Crippen LogP contribution in [0.5, 0.6) is 0 Å². The second-order valence-electron chi connectivity index (χ2n) is 3.20. The van der Waals surface area contributed by atoms with Crippen LogP contribution in [0.3, 0.4) is 0 Å². The molecule has 0 unspecified atom stereocenters. The Labute approximate surface area is 76.6 Å². The van der Waals surface area contributed by atoms with Crippen LogP contribution in [0.4, 0.5) is 0 Å². The van der Waals surface area contributed by atoms with Crippen molar-refractivity contribution in [3.8, 4) is 6.07 Å². The van der Waals surface area contributed by atoms with Gasteiger partial charge in [-0.2, -0.15) is 5.26 Å². The normalized spacial score (nSPS) is 18.3. The molecule has 0 bridgehead atoms. The monoisotopic (exact) mass is 177 g/mol. The molecule has 0 radical (unpaired) electrons. The van der Waals surface area contributed by atoms with E-state index < -0.39 is 0 Å². The third-order valence-corrected chi connectivity index (χ3v) is 2.61. The van der Waals surface area contributed by atoms with Crippen LogP contribution in [0.15, 0.2) is 24.3 Å². The van der Waals surface area contributed by atoms with Gasteiger partial charge in [-0.3, -0.25) is 0 Å². The first-order chi connectivity index (χ1) is 5.77. The molecule has 2 heteroatoms. The van der Waals surface area contributed by atoms with E-state index in [1.165, 1.54) is 0 Å². The molecule has 1 aromatic rings. The van der Waals surface area contributed by atoms with Crippen LogP contribution >= 0.6 is 11.6 Å². The summed E-state index contributed by atoms with van der Waals surface area (Å²) in [7, 11) is 0. The highest BCUT2D eigenvalue weighted by Gasteiger charge is 2.44.